The summed E-state index contributed by atoms with van der Waals surface area (Å²) in [6.45, 7) is 4.88. The first-order valence-electron chi connectivity index (χ1n) is 9.48. The SMILES string of the molecule is CC(C(=O)N(C)Cc1cccc(F)c1)N1CCC(N2CCCC2=O)CC1. The number of amides is 2. The van der Waals surface area contributed by atoms with E-state index in [1.165, 1.54) is 12.1 Å². The number of nitrogens with zero attached hydrogens (tertiary/aromatic N) is 3. The maximum absolute atomic E-state index is 13.3. The van der Waals surface area contributed by atoms with Crippen molar-refractivity contribution in [1.82, 2.24) is 14.7 Å². The molecule has 1 aromatic carbocycles. The zero-order chi connectivity index (χ0) is 18.7. The first-order valence-corrected chi connectivity index (χ1v) is 9.48. The molecule has 1 atom stereocenters. The molecule has 0 aromatic heterocycles. The van der Waals surface area contributed by atoms with Crippen LogP contribution in [-0.2, 0) is 16.1 Å². The third-order valence-corrected chi connectivity index (χ3v) is 5.64. The Morgan fingerprint density at radius 2 is 2.04 bits per heavy atom. The Hall–Kier alpha value is -1.95. The van der Waals surface area contributed by atoms with Gasteiger partial charge < -0.3 is 9.80 Å². The second kappa shape index (κ2) is 8.16. The molecule has 0 radical (unpaired) electrons. The van der Waals surface area contributed by atoms with Crippen LogP contribution in [0.15, 0.2) is 24.3 Å². The molecule has 1 unspecified atom stereocenters. The van der Waals surface area contributed by atoms with Gasteiger partial charge in [-0.2, -0.15) is 0 Å². The van der Waals surface area contributed by atoms with Crippen molar-refractivity contribution in [2.24, 2.45) is 0 Å². The van der Waals surface area contributed by atoms with Gasteiger partial charge in [-0.15, -0.1) is 0 Å². The molecular formula is C20H28FN3O2. The van der Waals surface area contributed by atoms with Crippen LogP contribution < -0.4 is 0 Å². The van der Waals surface area contributed by atoms with Crippen LogP contribution in [-0.4, -0.2) is 65.3 Å². The minimum absolute atomic E-state index is 0.0463. The van der Waals surface area contributed by atoms with Crippen molar-refractivity contribution in [1.29, 1.82) is 0 Å². The van der Waals surface area contributed by atoms with Gasteiger partial charge in [0, 0.05) is 45.7 Å². The third-order valence-electron chi connectivity index (χ3n) is 5.64. The van der Waals surface area contributed by atoms with Gasteiger partial charge in [0.1, 0.15) is 5.82 Å². The molecule has 2 amide bonds. The number of piperidine rings is 1. The molecule has 0 aliphatic carbocycles. The number of likely N-dealkylation sites (tertiary alicyclic amines) is 2. The largest absolute Gasteiger partial charge is 0.340 e. The number of benzene rings is 1. The van der Waals surface area contributed by atoms with E-state index in [9.17, 15) is 14.0 Å². The van der Waals surface area contributed by atoms with Gasteiger partial charge in [0.15, 0.2) is 0 Å². The van der Waals surface area contributed by atoms with Crippen molar-refractivity contribution in [3.05, 3.63) is 35.6 Å². The number of carbonyl (C=O) groups is 2. The summed E-state index contributed by atoms with van der Waals surface area (Å²) in [4.78, 5) is 30.5. The van der Waals surface area contributed by atoms with Gasteiger partial charge in [-0.05, 0) is 43.9 Å². The van der Waals surface area contributed by atoms with Crippen LogP contribution in [0.25, 0.3) is 0 Å². The highest BCUT2D eigenvalue weighted by Crippen LogP contribution is 2.23. The first-order chi connectivity index (χ1) is 12.5. The molecule has 1 aromatic rings. The summed E-state index contributed by atoms with van der Waals surface area (Å²) in [6, 6.07) is 6.49. The van der Waals surface area contributed by atoms with Crippen molar-refractivity contribution in [3.8, 4) is 0 Å². The van der Waals surface area contributed by atoms with E-state index >= 15 is 0 Å². The number of hydrogen-bond donors (Lipinski definition) is 0. The van der Waals surface area contributed by atoms with Crippen molar-refractivity contribution in [3.63, 3.8) is 0 Å². The van der Waals surface area contributed by atoms with Crippen molar-refractivity contribution in [2.45, 2.75) is 51.2 Å². The Balaban J connectivity index is 1.51. The summed E-state index contributed by atoms with van der Waals surface area (Å²) in [5, 5.41) is 0. The van der Waals surface area contributed by atoms with Gasteiger partial charge in [0.2, 0.25) is 11.8 Å². The van der Waals surface area contributed by atoms with E-state index in [4.69, 9.17) is 0 Å². The van der Waals surface area contributed by atoms with Crippen LogP contribution in [0.4, 0.5) is 4.39 Å². The monoisotopic (exact) mass is 361 g/mol. The average Bonchev–Trinajstić information content (AvgIpc) is 3.06. The van der Waals surface area contributed by atoms with Gasteiger partial charge in [-0.25, -0.2) is 4.39 Å². The second-order valence-electron chi connectivity index (χ2n) is 7.46. The number of carbonyl (C=O) groups excluding carboxylic acids is 2. The molecule has 2 aliphatic rings. The Labute approximate surface area is 154 Å². The van der Waals surface area contributed by atoms with Gasteiger partial charge in [0.05, 0.1) is 6.04 Å². The lowest BCUT2D eigenvalue weighted by Crippen LogP contribution is -2.52. The molecule has 26 heavy (non-hydrogen) atoms. The van der Waals surface area contributed by atoms with E-state index < -0.39 is 0 Å². The molecule has 142 valence electrons. The number of rotatable bonds is 5. The summed E-state index contributed by atoms with van der Waals surface area (Å²) in [7, 11) is 1.76. The summed E-state index contributed by atoms with van der Waals surface area (Å²) >= 11 is 0. The molecule has 0 N–H and O–H groups in total. The van der Waals surface area contributed by atoms with Crippen molar-refractivity contribution >= 4 is 11.8 Å². The second-order valence-corrected chi connectivity index (χ2v) is 7.46. The van der Waals surface area contributed by atoms with E-state index in [-0.39, 0.29) is 23.7 Å². The van der Waals surface area contributed by atoms with E-state index in [1.807, 2.05) is 17.9 Å². The minimum atomic E-state index is -0.282. The predicted octanol–water partition coefficient (Wildman–Crippen LogP) is 2.26. The fourth-order valence-electron chi connectivity index (χ4n) is 4.10. The number of halogens is 1. The Morgan fingerprint density at radius 3 is 2.65 bits per heavy atom. The summed E-state index contributed by atoms with van der Waals surface area (Å²) in [5.41, 5.74) is 0.791. The van der Waals surface area contributed by atoms with Crippen LogP contribution in [0.1, 0.15) is 38.2 Å². The standard InChI is InChI=1S/C20H28FN3O2/c1-15(20(26)22(2)14-16-5-3-6-17(21)13-16)23-11-8-18(9-12-23)24-10-4-7-19(24)25/h3,5-6,13,15,18H,4,7-12,14H2,1-2H3. The van der Waals surface area contributed by atoms with E-state index in [2.05, 4.69) is 4.90 Å². The highest BCUT2D eigenvalue weighted by molar-refractivity contribution is 5.81. The average molecular weight is 361 g/mol. The van der Waals surface area contributed by atoms with Crippen LogP contribution in [0.5, 0.6) is 0 Å². The van der Waals surface area contributed by atoms with E-state index in [0.717, 1.165) is 44.5 Å². The smallest absolute Gasteiger partial charge is 0.239 e. The van der Waals surface area contributed by atoms with E-state index in [1.54, 1.807) is 18.0 Å². The predicted molar refractivity (Wildman–Crippen MR) is 97.9 cm³/mol. The quantitative estimate of drug-likeness (QED) is 0.808. The van der Waals surface area contributed by atoms with Gasteiger partial charge in [0.25, 0.3) is 0 Å². The third kappa shape index (κ3) is 4.23. The van der Waals surface area contributed by atoms with Crippen LogP contribution >= 0.6 is 0 Å². The normalized spacial score (nSPS) is 20.4. The maximum atomic E-state index is 13.3. The number of likely N-dealkylation sites (N-methyl/N-ethyl adjacent to an activating group) is 1. The van der Waals surface area contributed by atoms with Crippen LogP contribution in [0.3, 0.4) is 0 Å². The molecule has 3 rings (SSSR count). The molecular weight excluding hydrogens is 333 g/mol. The zero-order valence-corrected chi connectivity index (χ0v) is 15.7. The molecule has 6 heteroatoms. The van der Waals surface area contributed by atoms with Crippen LogP contribution in [0, 0.1) is 5.82 Å². The van der Waals surface area contributed by atoms with Gasteiger partial charge >= 0.3 is 0 Å². The molecule has 0 saturated carbocycles. The lowest BCUT2D eigenvalue weighted by atomic mass is 10.0. The summed E-state index contributed by atoms with van der Waals surface area (Å²) in [5.74, 6) is 0.0438. The zero-order valence-electron chi connectivity index (χ0n) is 15.7. The van der Waals surface area contributed by atoms with Crippen molar-refractivity contribution in [2.75, 3.05) is 26.7 Å². The van der Waals surface area contributed by atoms with Crippen molar-refractivity contribution < 1.29 is 14.0 Å². The molecule has 2 aliphatic heterocycles. The Bertz CT molecular complexity index is 658. The lowest BCUT2D eigenvalue weighted by molar-refractivity contribution is -0.137. The highest BCUT2D eigenvalue weighted by atomic mass is 19.1. The first kappa shape index (κ1) is 18.8. The molecule has 2 heterocycles. The fourth-order valence-corrected chi connectivity index (χ4v) is 4.10. The number of hydrogen-bond acceptors (Lipinski definition) is 3. The van der Waals surface area contributed by atoms with Crippen LogP contribution in [0.2, 0.25) is 0 Å². The van der Waals surface area contributed by atoms with E-state index in [0.29, 0.717) is 19.0 Å². The lowest BCUT2D eigenvalue weighted by Gasteiger charge is -2.39. The molecule has 0 bridgehead atoms. The maximum Gasteiger partial charge on any atom is 0.239 e. The highest BCUT2D eigenvalue weighted by Gasteiger charge is 2.33. The van der Waals surface area contributed by atoms with Gasteiger partial charge in [-0.1, -0.05) is 12.1 Å². The Morgan fingerprint density at radius 1 is 1.31 bits per heavy atom. The summed E-state index contributed by atoms with van der Waals surface area (Å²) in [6.07, 6.45) is 3.51. The topological polar surface area (TPSA) is 43.9 Å². The molecule has 2 fully saturated rings. The summed E-state index contributed by atoms with van der Waals surface area (Å²) < 4.78 is 13.3. The fraction of sp³-hybridized carbons (Fsp3) is 0.600. The molecule has 2 saturated heterocycles. The minimum Gasteiger partial charge on any atom is -0.340 e. The molecule has 5 nitrogen and oxygen atoms in total. The Kier molecular flexibility index (Phi) is 5.91. The van der Waals surface area contributed by atoms with Gasteiger partial charge in [-0.3, -0.25) is 14.5 Å². The molecule has 0 spiro atoms.